The third-order valence-corrected chi connectivity index (χ3v) is 4.03. The van der Waals surface area contributed by atoms with E-state index in [-0.39, 0.29) is 42.1 Å². The molecular weight excluding hydrogens is 326 g/mol. The van der Waals surface area contributed by atoms with Gasteiger partial charge in [-0.15, -0.1) is 12.4 Å². The lowest BCUT2D eigenvalue weighted by atomic mass is 9.85. The Hall–Kier alpha value is -1.40. The number of carbonyl (C=O) groups excluding carboxylic acids is 1. The maximum Gasteiger partial charge on any atom is 0.387 e. The van der Waals surface area contributed by atoms with Crippen LogP contribution in [-0.2, 0) is 4.79 Å². The first-order valence-corrected chi connectivity index (χ1v) is 7.56. The third kappa shape index (κ3) is 5.95. The topological polar surface area (TPSA) is 64.4 Å². The summed E-state index contributed by atoms with van der Waals surface area (Å²) >= 11 is 0. The van der Waals surface area contributed by atoms with Crippen LogP contribution in [0.25, 0.3) is 0 Å². The van der Waals surface area contributed by atoms with Crippen LogP contribution >= 0.6 is 12.4 Å². The first-order chi connectivity index (χ1) is 10.5. The highest BCUT2D eigenvalue weighted by atomic mass is 35.5. The summed E-state index contributed by atoms with van der Waals surface area (Å²) in [7, 11) is 0. The van der Waals surface area contributed by atoms with Gasteiger partial charge in [-0.25, -0.2) is 0 Å². The summed E-state index contributed by atoms with van der Waals surface area (Å²) < 4.78 is 28.9. The number of benzene rings is 1. The minimum atomic E-state index is -2.86. The molecule has 0 saturated heterocycles. The fourth-order valence-corrected chi connectivity index (χ4v) is 2.84. The molecule has 0 spiro atoms. The van der Waals surface area contributed by atoms with Gasteiger partial charge in [-0.2, -0.15) is 8.78 Å². The van der Waals surface area contributed by atoms with Crippen molar-refractivity contribution in [1.29, 1.82) is 0 Å². The molecule has 7 heteroatoms. The number of alkyl halides is 2. The van der Waals surface area contributed by atoms with E-state index in [1.807, 2.05) is 6.92 Å². The highest BCUT2D eigenvalue weighted by molar-refractivity contribution is 5.85. The van der Waals surface area contributed by atoms with Crippen molar-refractivity contribution in [2.45, 2.75) is 51.3 Å². The van der Waals surface area contributed by atoms with Crippen LogP contribution in [0, 0.1) is 5.92 Å². The summed E-state index contributed by atoms with van der Waals surface area (Å²) in [4.78, 5) is 12.3. The van der Waals surface area contributed by atoms with Crippen molar-refractivity contribution in [1.82, 2.24) is 5.32 Å². The Kier molecular flexibility index (Phi) is 7.72. The lowest BCUT2D eigenvalue weighted by molar-refractivity contribution is -0.126. The van der Waals surface area contributed by atoms with Gasteiger partial charge in [-0.05, 0) is 43.9 Å². The number of hydrogen-bond donors (Lipinski definition) is 2. The van der Waals surface area contributed by atoms with Crippen LogP contribution in [0.2, 0.25) is 0 Å². The second-order valence-electron chi connectivity index (χ2n) is 5.80. The molecule has 1 aromatic rings. The van der Waals surface area contributed by atoms with Crippen LogP contribution in [0.3, 0.4) is 0 Å². The number of halogens is 3. The SMILES string of the molecule is CC(NC(=O)C1CCCC(N)C1)c1cccc(OC(F)F)c1.Cl. The van der Waals surface area contributed by atoms with Gasteiger partial charge < -0.3 is 15.8 Å². The van der Waals surface area contributed by atoms with E-state index in [2.05, 4.69) is 10.1 Å². The molecule has 0 radical (unpaired) electrons. The van der Waals surface area contributed by atoms with Gasteiger partial charge in [-0.1, -0.05) is 18.6 Å². The van der Waals surface area contributed by atoms with Crippen LogP contribution in [0.4, 0.5) is 8.78 Å². The number of ether oxygens (including phenoxy) is 1. The minimum Gasteiger partial charge on any atom is -0.435 e. The zero-order valence-electron chi connectivity index (χ0n) is 13.0. The van der Waals surface area contributed by atoms with Crippen molar-refractivity contribution >= 4 is 18.3 Å². The third-order valence-electron chi connectivity index (χ3n) is 4.03. The minimum absolute atomic E-state index is 0. The van der Waals surface area contributed by atoms with E-state index >= 15 is 0 Å². The van der Waals surface area contributed by atoms with E-state index < -0.39 is 6.61 Å². The first-order valence-electron chi connectivity index (χ1n) is 7.56. The average molecular weight is 349 g/mol. The number of amides is 1. The molecule has 0 aliphatic heterocycles. The Labute approximate surface area is 141 Å². The normalized spacial score (nSPS) is 22.1. The molecule has 23 heavy (non-hydrogen) atoms. The monoisotopic (exact) mass is 348 g/mol. The molecule has 3 N–H and O–H groups in total. The number of hydrogen-bond acceptors (Lipinski definition) is 3. The summed E-state index contributed by atoms with van der Waals surface area (Å²) in [6.45, 7) is -1.04. The van der Waals surface area contributed by atoms with Gasteiger partial charge in [0, 0.05) is 12.0 Å². The molecule has 0 bridgehead atoms. The second kappa shape index (κ2) is 9.03. The maximum atomic E-state index is 12.3. The number of rotatable bonds is 5. The van der Waals surface area contributed by atoms with Crippen molar-refractivity contribution in [3.05, 3.63) is 29.8 Å². The van der Waals surface area contributed by atoms with Crippen molar-refractivity contribution in [3.8, 4) is 5.75 Å². The predicted molar refractivity (Wildman–Crippen MR) is 86.8 cm³/mol. The van der Waals surface area contributed by atoms with Gasteiger partial charge in [0.2, 0.25) is 5.91 Å². The standard InChI is InChI=1S/C16H22F2N2O2.ClH/c1-10(11-4-3-7-14(9-11)22-16(17)18)20-15(21)12-5-2-6-13(19)8-12;/h3-4,7,9-10,12-13,16H,2,5-6,8,19H2,1H3,(H,20,21);1H. The molecule has 0 aromatic heterocycles. The average Bonchev–Trinajstić information content (AvgIpc) is 2.46. The quantitative estimate of drug-likeness (QED) is 0.857. The fraction of sp³-hybridized carbons (Fsp3) is 0.562. The molecule has 1 amide bonds. The van der Waals surface area contributed by atoms with Gasteiger partial charge in [-0.3, -0.25) is 4.79 Å². The van der Waals surface area contributed by atoms with E-state index in [1.165, 1.54) is 12.1 Å². The largest absolute Gasteiger partial charge is 0.435 e. The van der Waals surface area contributed by atoms with Gasteiger partial charge in [0.25, 0.3) is 0 Å². The fourth-order valence-electron chi connectivity index (χ4n) is 2.84. The van der Waals surface area contributed by atoms with Gasteiger partial charge in [0.05, 0.1) is 6.04 Å². The first kappa shape index (κ1) is 19.6. The summed E-state index contributed by atoms with van der Waals surface area (Å²) in [6.07, 6.45) is 3.48. The molecule has 1 aliphatic carbocycles. The molecule has 4 nitrogen and oxygen atoms in total. The lowest BCUT2D eigenvalue weighted by Crippen LogP contribution is -2.38. The van der Waals surface area contributed by atoms with Gasteiger partial charge >= 0.3 is 6.61 Å². The Balaban J connectivity index is 0.00000264. The van der Waals surface area contributed by atoms with Crippen LogP contribution in [0.15, 0.2) is 24.3 Å². The Morgan fingerprint density at radius 3 is 2.78 bits per heavy atom. The lowest BCUT2D eigenvalue weighted by Gasteiger charge is -2.27. The summed E-state index contributed by atoms with van der Waals surface area (Å²) in [5.74, 6) is 0.00261. The van der Waals surface area contributed by atoms with E-state index in [1.54, 1.807) is 12.1 Å². The molecule has 3 unspecified atom stereocenters. The smallest absolute Gasteiger partial charge is 0.387 e. The molecule has 1 fully saturated rings. The molecule has 1 aliphatic rings. The highest BCUT2D eigenvalue weighted by Gasteiger charge is 2.26. The molecule has 1 saturated carbocycles. The van der Waals surface area contributed by atoms with Crippen molar-refractivity contribution in [2.75, 3.05) is 0 Å². The van der Waals surface area contributed by atoms with Crippen LogP contribution in [0.1, 0.15) is 44.2 Å². The molecule has 2 rings (SSSR count). The molecule has 130 valence electrons. The number of nitrogens with one attached hydrogen (secondary N) is 1. The molecular formula is C16H23ClF2N2O2. The van der Waals surface area contributed by atoms with Crippen LogP contribution in [-0.4, -0.2) is 18.6 Å². The summed E-state index contributed by atoms with van der Waals surface area (Å²) in [5, 5.41) is 2.93. The van der Waals surface area contributed by atoms with E-state index in [0.717, 1.165) is 24.8 Å². The Morgan fingerprint density at radius 1 is 1.39 bits per heavy atom. The number of nitrogens with two attached hydrogens (primary N) is 1. The van der Waals surface area contributed by atoms with Gasteiger partial charge in [0.1, 0.15) is 5.75 Å². The Bertz CT molecular complexity index is 517. The van der Waals surface area contributed by atoms with Crippen LogP contribution < -0.4 is 15.8 Å². The second-order valence-corrected chi connectivity index (χ2v) is 5.80. The molecule has 0 heterocycles. The summed E-state index contributed by atoms with van der Waals surface area (Å²) in [5.41, 5.74) is 6.63. The zero-order valence-corrected chi connectivity index (χ0v) is 13.8. The Morgan fingerprint density at radius 2 is 2.13 bits per heavy atom. The van der Waals surface area contributed by atoms with Gasteiger partial charge in [0.15, 0.2) is 0 Å². The predicted octanol–water partition coefficient (Wildman–Crippen LogP) is 3.40. The van der Waals surface area contributed by atoms with E-state index in [4.69, 9.17) is 5.73 Å². The molecule has 1 aromatic carbocycles. The highest BCUT2D eigenvalue weighted by Crippen LogP contribution is 2.25. The van der Waals surface area contributed by atoms with Crippen molar-refractivity contribution in [3.63, 3.8) is 0 Å². The number of carbonyl (C=O) groups is 1. The summed E-state index contributed by atoms with van der Waals surface area (Å²) in [6, 6.07) is 6.20. The maximum absolute atomic E-state index is 12.3. The van der Waals surface area contributed by atoms with Crippen LogP contribution in [0.5, 0.6) is 5.75 Å². The van der Waals surface area contributed by atoms with Crippen molar-refractivity contribution in [2.24, 2.45) is 11.7 Å². The van der Waals surface area contributed by atoms with E-state index in [0.29, 0.717) is 6.42 Å². The van der Waals surface area contributed by atoms with Crippen molar-refractivity contribution < 1.29 is 18.3 Å². The van der Waals surface area contributed by atoms with E-state index in [9.17, 15) is 13.6 Å². The molecule has 3 atom stereocenters. The zero-order chi connectivity index (χ0) is 16.1.